The topological polar surface area (TPSA) is 89.5 Å². The number of nitrogens with one attached hydrogen (secondary N) is 1. The molecule has 0 amide bonds. The number of Topliss-reactive ketones (excluding diaryl/α,β-unsaturated/α-hetero) is 1. The normalized spacial score (nSPS) is 14.1. The maximum atomic E-state index is 12.8. The Kier molecular flexibility index (Phi) is 7.21. The van der Waals surface area contributed by atoms with Crippen LogP contribution in [0, 0.1) is 6.92 Å². The molecular weight excluding hydrogens is 414 g/mol. The van der Waals surface area contributed by atoms with Crippen molar-refractivity contribution in [3.63, 3.8) is 0 Å². The number of hydrogen-bond acceptors (Lipinski definition) is 5. The Morgan fingerprint density at radius 1 is 1.00 bits per heavy atom. The summed E-state index contributed by atoms with van der Waals surface area (Å²) in [5.74, 6) is -1.52. The molecule has 0 aromatic heterocycles. The molecule has 0 aliphatic heterocycles. The summed E-state index contributed by atoms with van der Waals surface area (Å²) in [6.07, 6.45) is 0. The van der Waals surface area contributed by atoms with Gasteiger partial charge in [-0.3, -0.25) is 9.59 Å². The average Bonchev–Trinajstić information content (AvgIpc) is 2.64. The van der Waals surface area contributed by atoms with Crippen LogP contribution in [0.2, 0.25) is 0 Å². The molecule has 0 aliphatic rings. The summed E-state index contributed by atoms with van der Waals surface area (Å²) in [5, 5.41) is -1.49. The number of carbonyl (C=O) groups excluding carboxylic acids is 2. The van der Waals surface area contributed by atoms with E-state index in [0.717, 1.165) is 5.56 Å². The average molecular weight is 438 g/mol. The first-order chi connectivity index (χ1) is 13.4. The molecule has 1 N–H and O–H groups in total. The number of ether oxygens (including phenoxy) is 1. The monoisotopic (exact) mass is 437 g/mol. The van der Waals surface area contributed by atoms with Gasteiger partial charge in [0.25, 0.3) is 0 Å². The number of ketones is 1. The van der Waals surface area contributed by atoms with Crippen molar-refractivity contribution in [1.82, 2.24) is 4.72 Å². The van der Waals surface area contributed by atoms with Crippen molar-refractivity contribution in [2.45, 2.75) is 49.6 Å². The second-order valence-electron chi connectivity index (χ2n) is 7.58. The van der Waals surface area contributed by atoms with Gasteiger partial charge in [-0.25, -0.2) is 8.42 Å². The van der Waals surface area contributed by atoms with Crippen LogP contribution >= 0.6 is 11.6 Å². The smallest absolute Gasteiger partial charge is 0.326 e. The molecule has 2 atom stereocenters. The van der Waals surface area contributed by atoms with E-state index in [4.69, 9.17) is 16.3 Å². The Morgan fingerprint density at radius 3 is 2.07 bits per heavy atom. The lowest BCUT2D eigenvalue weighted by atomic mass is 10.0. The van der Waals surface area contributed by atoms with Gasteiger partial charge in [-0.2, -0.15) is 4.72 Å². The van der Waals surface area contributed by atoms with E-state index in [-0.39, 0.29) is 10.5 Å². The van der Waals surface area contributed by atoms with E-state index in [1.54, 1.807) is 63.2 Å². The highest BCUT2D eigenvalue weighted by atomic mass is 35.5. The van der Waals surface area contributed by atoms with Gasteiger partial charge < -0.3 is 4.74 Å². The highest BCUT2D eigenvalue weighted by molar-refractivity contribution is 7.89. The van der Waals surface area contributed by atoms with Gasteiger partial charge in [-0.1, -0.05) is 48.0 Å². The third-order valence-electron chi connectivity index (χ3n) is 3.88. The number of alkyl halides is 1. The van der Waals surface area contributed by atoms with Crippen LogP contribution in [0.15, 0.2) is 59.5 Å². The van der Waals surface area contributed by atoms with Gasteiger partial charge in [0, 0.05) is 5.56 Å². The summed E-state index contributed by atoms with van der Waals surface area (Å²) in [6, 6.07) is 12.6. The second kappa shape index (κ2) is 9.07. The number of hydrogen-bond donors (Lipinski definition) is 1. The van der Waals surface area contributed by atoms with Crippen molar-refractivity contribution in [1.29, 1.82) is 0 Å². The molecular formula is C21H24ClNO5S. The van der Waals surface area contributed by atoms with Crippen molar-refractivity contribution >= 4 is 33.4 Å². The van der Waals surface area contributed by atoms with Crippen LogP contribution < -0.4 is 4.72 Å². The summed E-state index contributed by atoms with van der Waals surface area (Å²) in [6.45, 7) is 6.73. The summed E-state index contributed by atoms with van der Waals surface area (Å²) in [4.78, 5) is 25.4. The van der Waals surface area contributed by atoms with Gasteiger partial charge in [0.2, 0.25) is 10.0 Å². The first-order valence-electron chi connectivity index (χ1n) is 8.96. The zero-order chi connectivity index (χ0) is 21.8. The molecule has 0 aliphatic carbocycles. The number of aryl methyl sites for hydroxylation is 1. The van der Waals surface area contributed by atoms with Crippen LogP contribution in [0.25, 0.3) is 0 Å². The minimum atomic E-state index is -4.13. The number of sulfonamides is 1. The number of carbonyl (C=O) groups is 2. The van der Waals surface area contributed by atoms with Gasteiger partial charge >= 0.3 is 5.97 Å². The molecule has 0 fully saturated rings. The number of halogens is 1. The summed E-state index contributed by atoms with van der Waals surface area (Å²) in [7, 11) is -4.13. The molecule has 0 saturated carbocycles. The maximum absolute atomic E-state index is 12.8. The first kappa shape index (κ1) is 23.1. The van der Waals surface area contributed by atoms with E-state index in [0.29, 0.717) is 0 Å². The number of rotatable bonds is 7. The van der Waals surface area contributed by atoms with E-state index in [1.165, 1.54) is 12.1 Å². The molecule has 2 rings (SSSR count). The van der Waals surface area contributed by atoms with Gasteiger partial charge in [0.15, 0.2) is 5.78 Å². The molecule has 2 aromatic rings. The van der Waals surface area contributed by atoms with Crippen molar-refractivity contribution in [2.75, 3.05) is 0 Å². The van der Waals surface area contributed by atoms with Crippen molar-refractivity contribution < 1.29 is 22.7 Å². The van der Waals surface area contributed by atoms with Gasteiger partial charge in [-0.15, -0.1) is 11.6 Å². The van der Waals surface area contributed by atoms with Gasteiger partial charge in [-0.05, 0) is 39.8 Å². The standard InChI is InChI=1S/C21H24ClNO5S/c1-14-10-12-16(13-11-14)29(26,27)23-18(20(25)28-21(2,3)4)17(22)19(24)15-8-6-5-7-9-15/h5-13,17-18,23H,1-4H3/t17-,18+/m1/s1. The third-order valence-corrected chi connectivity index (χ3v) is 5.78. The van der Waals surface area contributed by atoms with Crippen molar-refractivity contribution in [3.8, 4) is 0 Å². The van der Waals surface area contributed by atoms with Crippen LogP contribution in [0.3, 0.4) is 0 Å². The fourth-order valence-corrected chi connectivity index (χ4v) is 4.02. The lowest BCUT2D eigenvalue weighted by molar-refractivity contribution is -0.156. The van der Waals surface area contributed by atoms with Crippen LogP contribution in [0.4, 0.5) is 0 Å². The highest BCUT2D eigenvalue weighted by Crippen LogP contribution is 2.19. The van der Waals surface area contributed by atoms with E-state index < -0.39 is 38.8 Å². The van der Waals surface area contributed by atoms with E-state index in [9.17, 15) is 18.0 Å². The Hall–Kier alpha value is -2.22. The largest absolute Gasteiger partial charge is 0.459 e. The van der Waals surface area contributed by atoms with Crippen LogP contribution in [0.1, 0.15) is 36.7 Å². The minimum absolute atomic E-state index is 0.0484. The summed E-state index contributed by atoms with van der Waals surface area (Å²) in [5.41, 5.74) is 0.245. The first-order valence-corrected chi connectivity index (χ1v) is 10.9. The Bertz CT molecular complexity index is 966. The number of benzene rings is 2. The van der Waals surface area contributed by atoms with Crippen molar-refractivity contribution in [3.05, 3.63) is 65.7 Å². The van der Waals surface area contributed by atoms with Gasteiger partial charge in [0.1, 0.15) is 17.0 Å². The molecule has 156 valence electrons. The molecule has 0 spiro atoms. The van der Waals surface area contributed by atoms with Crippen molar-refractivity contribution in [2.24, 2.45) is 0 Å². The zero-order valence-electron chi connectivity index (χ0n) is 16.7. The Labute approximate surface area is 176 Å². The zero-order valence-corrected chi connectivity index (χ0v) is 18.3. The predicted molar refractivity (Wildman–Crippen MR) is 112 cm³/mol. The van der Waals surface area contributed by atoms with Crippen LogP contribution in [-0.2, 0) is 19.6 Å². The van der Waals surface area contributed by atoms with Crippen LogP contribution in [0.5, 0.6) is 0 Å². The molecule has 8 heteroatoms. The number of esters is 1. The fraction of sp³-hybridized carbons (Fsp3) is 0.333. The molecule has 0 unspecified atom stereocenters. The molecule has 0 radical (unpaired) electrons. The predicted octanol–water partition coefficient (Wildman–Crippen LogP) is 3.47. The Morgan fingerprint density at radius 2 is 1.55 bits per heavy atom. The highest BCUT2D eigenvalue weighted by Gasteiger charge is 2.39. The maximum Gasteiger partial charge on any atom is 0.326 e. The Balaban J connectivity index is 2.37. The summed E-state index contributed by atoms with van der Waals surface area (Å²) >= 11 is 6.30. The van der Waals surface area contributed by atoms with E-state index in [1.807, 2.05) is 6.92 Å². The van der Waals surface area contributed by atoms with E-state index >= 15 is 0 Å². The lowest BCUT2D eigenvalue weighted by Crippen LogP contribution is -2.51. The minimum Gasteiger partial charge on any atom is -0.459 e. The molecule has 29 heavy (non-hydrogen) atoms. The third kappa shape index (κ3) is 6.39. The van der Waals surface area contributed by atoms with Crippen LogP contribution in [-0.4, -0.2) is 37.2 Å². The second-order valence-corrected chi connectivity index (χ2v) is 9.76. The molecule has 2 aromatic carbocycles. The summed E-state index contributed by atoms with van der Waals surface area (Å²) < 4.78 is 33.1. The molecule has 6 nitrogen and oxygen atoms in total. The SMILES string of the molecule is Cc1ccc(S(=O)(=O)N[C@H](C(=O)OC(C)(C)C)[C@@H](Cl)C(=O)c2ccccc2)cc1. The lowest BCUT2D eigenvalue weighted by Gasteiger charge is -2.26. The molecule has 0 heterocycles. The van der Waals surface area contributed by atoms with E-state index in [2.05, 4.69) is 4.72 Å². The quantitative estimate of drug-likeness (QED) is 0.407. The molecule has 0 bridgehead atoms. The molecule has 0 saturated heterocycles. The van der Waals surface area contributed by atoms with Gasteiger partial charge in [0.05, 0.1) is 4.90 Å². The fourth-order valence-electron chi connectivity index (χ4n) is 2.46.